The van der Waals surface area contributed by atoms with Gasteiger partial charge in [-0.3, -0.25) is 4.79 Å². The number of carbonyl (C=O) groups excluding carboxylic acids is 1. The highest BCUT2D eigenvalue weighted by molar-refractivity contribution is 5.98. The third-order valence-electron chi connectivity index (χ3n) is 5.06. The molecule has 1 amide bonds. The van der Waals surface area contributed by atoms with Gasteiger partial charge in [0, 0.05) is 6.54 Å². The Balaban J connectivity index is 1.89. The second-order valence-electron chi connectivity index (χ2n) is 6.25. The third-order valence-corrected chi connectivity index (χ3v) is 5.06. The predicted octanol–water partition coefficient (Wildman–Crippen LogP) is 2.63. The number of nitrogens with zero attached hydrogens (tertiary/aromatic N) is 1. The lowest BCUT2D eigenvalue weighted by Gasteiger charge is -2.44. The van der Waals surface area contributed by atoms with E-state index in [0.717, 1.165) is 11.1 Å². The molecule has 2 heterocycles. The van der Waals surface area contributed by atoms with Crippen LogP contribution in [0.2, 0.25) is 0 Å². The zero-order chi connectivity index (χ0) is 17.7. The summed E-state index contributed by atoms with van der Waals surface area (Å²) in [5, 5.41) is 10.9. The Kier molecular flexibility index (Phi) is 3.65. The van der Waals surface area contributed by atoms with Gasteiger partial charge in [-0.05, 0) is 41.3 Å². The van der Waals surface area contributed by atoms with E-state index < -0.39 is 18.0 Å². The van der Waals surface area contributed by atoms with Crippen molar-refractivity contribution in [1.29, 1.82) is 0 Å². The minimum atomic E-state index is -0.999. The summed E-state index contributed by atoms with van der Waals surface area (Å²) in [6.07, 6.45) is -0.394. The van der Waals surface area contributed by atoms with Gasteiger partial charge in [0.05, 0.1) is 25.8 Å². The number of hydrogen-bond acceptors (Lipinski definition) is 4. The predicted molar refractivity (Wildman–Crippen MR) is 88.4 cm³/mol. The van der Waals surface area contributed by atoms with Gasteiger partial charge in [0.2, 0.25) is 0 Å². The van der Waals surface area contributed by atoms with Crippen LogP contribution >= 0.6 is 0 Å². The number of aliphatic hydroxyl groups excluding tert-OH is 1. The summed E-state index contributed by atoms with van der Waals surface area (Å²) in [5.74, 6) is 0.160. The summed E-state index contributed by atoms with van der Waals surface area (Å²) >= 11 is 0. The first kappa shape index (κ1) is 15.9. The summed E-state index contributed by atoms with van der Waals surface area (Å²) in [6, 6.07) is 7.47. The van der Waals surface area contributed by atoms with Crippen LogP contribution in [0, 0.1) is 5.82 Å². The molecule has 130 valence electrons. The van der Waals surface area contributed by atoms with Gasteiger partial charge >= 0.3 is 0 Å². The maximum Gasteiger partial charge on any atom is 0.257 e. The van der Waals surface area contributed by atoms with Gasteiger partial charge in [0.25, 0.3) is 5.91 Å². The van der Waals surface area contributed by atoms with Crippen molar-refractivity contribution in [2.75, 3.05) is 20.8 Å². The van der Waals surface area contributed by atoms with Crippen LogP contribution in [0.25, 0.3) is 0 Å². The molecular formula is C19H18FNO4. The molecule has 0 bridgehead atoms. The van der Waals surface area contributed by atoms with Crippen molar-refractivity contribution in [1.82, 2.24) is 4.90 Å². The minimum absolute atomic E-state index is 0.0322. The lowest BCUT2D eigenvalue weighted by Crippen LogP contribution is -2.46. The van der Waals surface area contributed by atoms with Gasteiger partial charge in [0.1, 0.15) is 11.9 Å². The van der Waals surface area contributed by atoms with Gasteiger partial charge in [-0.1, -0.05) is 12.1 Å². The van der Waals surface area contributed by atoms with Gasteiger partial charge in [-0.25, -0.2) is 4.39 Å². The molecule has 0 spiro atoms. The van der Waals surface area contributed by atoms with Crippen molar-refractivity contribution < 1.29 is 23.8 Å². The maximum atomic E-state index is 14.2. The smallest absolute Gasteiger partial charge is 0.257 e. The largest absolute Gasteiger partial charge is 0.493 e. The van der Waals surface area contributed by atoms with Crippen LogP contribution in [0.5, 0.6) is 11.5 Å². The van der Waals surface area contributed by atoms with Crippen LogP contribution in [0.3, 0.4) is 0 Å². The molecule has 5 nitrogen and oxygen atoms in total. The SMILES string of the molecule is COc1cc2c(cc1OC)[C@H]1[C@H](O)c3cccc(F)c3C(=O)N1CC2. The number of amides is 1. The molecule has 0 aromatic heterocycles. The standard InChI is InChI=1S/C19H18FNO4/c1-24-14-8-10-6-7-21-17(12(10)9-15(14)25-2)18(22)11-4-3-5-13(20)16(11)19(21)23/h3-5,8-9,17-18,22H,6-7H2,1-2H3/t17-,18+/m0/s1. The number of benzene rings is 2. The Hall–Kier alpha value is -2.60. The molecule has 2 aliphatic rings. The van der Waals surface area contributed by atoms with E-state index in [1.165, 1.54) is 19.2 Å². The summed E-state index contributed by atoms with van der Waals surface area (Å²) < 4.78 is 24.9. The second kappa shape index (κ2) is 5.74. The molecule has 2 aliphatic heterocycles. The van der Waals surface area contributed by atoms with E-state index in [-0.39, 0.29) is 11.5 Å². The first-order valence-corrected chi connectivity index (χ1v) is 8.09. The molecule has 0 aliphatic carbocycles. The van der Waals surface area contributed by atoms with Crippen molar-refractivity contribution >= 4 is 5.91 Å². The number of halogens is 1. The molecule has 0 radical (unpaired) electrons. The Morgan fingerprint density at radius 3 is 2.60 bits per heavy atom. The zero-order valence-electron chi connectivity index (χ0n) is 14.0. The molecule has 0 saturated carbocycles. The van der Waals surface area contributed by atoms with Crippen molar-refractivity contribution in [2.45, 2.75) is 18.6 Å². The highest BCUT2D eigenvalue weighted by atomic mass is 19.1. The molecule has 4 rings (SSSR count). The topological polar surface area (TPSA) is 59.0 Å². The molecule has 1 N–H and O–H groups in total. The van der Waals surface area contributed by atoms with E-state index in [2.05, 4.69) is 0 Å². The van der Waals surface area contributed by atoms with Gasteiger partial charge in [-0.15, -0.1) is 0 Å². The number of ether oxygens (including phenoxy) is 2. The molecule has 0 saturated heterocycles. The zero-order valence-corrected chi connectivity index (χ0v) is 14.0. The number of methoxy groups -OCH3 is 2. The van der Waals surface area contributed by atoms with Gasteiger partial charge in [-0.2, -0.15) is 0 Å². The first-order valence-electron chi connectivity index (χ1n) is 8.09. The van der Waals surface area contributed by atoms with Crippen LogP contribution in [0.4, 0.5) is 4.39 Å². The summed E-state index contributed by atoms with van der Waals surface area (Å²) in [6.45, 7) is 0.414. The summed E-state index contributed by atoms with van der Waals surface area (Å²) in [4.78, 5) is 14.4. The van der Waals surface area contributed by atoms with Crippen molar-refractivity contribution in [2.24, 2.45) is 0 Å². The van der Waals surface area contributed by atoms with E-state index in [0.29, 0.717) is 30.0 Å². The average molecular weight is 343 g/mol. The van der Waals surface area contributed by atoms with Crippen LogP contribution < -0.4 is 9.47 Å². The number of aliphatic hydroxyl groups is 1. The number of rotatable bonds is 2. The highest BCUT2D eigenvalue weighted by Gasteiger charge is 2.44. The Morgan fingerprint density at radius 2 is 1.88 bits per heavy atom. The Bertz CT molecular complexity index is 867. The number of carbonyl (C=O) groups is 1. The van der Waals surface area contributed by atoms with E-state index >= 15 is 0 Å². The summed E-state index contributed by atoms with van der Waals surface area (Å²) in [7, 11) is 3.11. The molecule has 2 aromatic rings. The fourth-order valence-electron chi connectivity index (χ4n) is 3.87. The Labute approximate surface area is 144 Å². The second-order valence-corrected chi connectivity index (χ2v) is 6.25. The maximum absolute atomic E-state index is 14.2. The molecule has 25 heavy (non-hydrogen) atoms. The monoisotopic (exact) mass is 343 g/mol. The van der Waals surface area contributed by atoms with Gasteiger partial charge < -0.3 is 19.5 Å². The highest BCUT2D eigenvalue weighted by Crippen LogP contribution is 2.47. The van der Waals surface area contributed by atoms with E-state index in [4.69, 9.17) is 9.47 Å². The van der Waals surface area contributed by atoms with Crippen molar-refractivity contribution in [3.63, 3.8) is 0 Å². The molecular weight excluding hydrogens is 325 g/mol. The normalized spacial score (nSPS) is 21.3. The quantitative estimate of drug-likeness (QED) is 0.911. The van der Waals surface area contributed by atoms with Gasteiger partial charge in [0.15, 0.2) is 11.5 Å². The van der Waals surface area contributed by atoms with E-state index in [9.17, 15) is 14.3 Å². The van der Waals surface area contributed by atoms with Crippen LogP contribution in [-0.4, -0.2) is 36.7 Å². The lowest BCUT2D eigenvalue weighted by atomic mass is 9.81. The average Bonchev–Trinajstić information content (AvgIpc) is 2.63. The third kappa shape index (κ3) is 2.21. The molecule has 2 atom stereocenters. The van der Waals surface area contributed by atoms with Crippen LogP contribution in [-0.2, 0) is 6.42 Å². The Morgan fingerprint density at radius 1 is 1.16 bits per heavy atom. The number of fused-ring (bicyclic) bond motifs is 4. The van der Waals surface area contributed by atoms with E-state index in [1.54, 1.807) is 24.1 Å². The number of hydrogen-bond donors (Lipinski definition) is 1. The van der Waals surface area contributed by atoms with Crippen molar-refractivity contribution in [3.05, 3.63) is 58.4 Å². The van der Waals surface area contributed by atoms with Crippen molar-refractivity contribution in [3.8, 4) is 11.5 Å². The van der Waals surface area contributed by atoms with Crippen LogP contribution in [0.15, 0.2) is 30.3 Å². The summed E-state index contributed by atoms with van der Waals surface area (Å²) in [5.41, 5.74) is 2.09. The molecule has 0 unspecified atom stereocenters. The molecule has 2 aromatic carbocycles. The van der Waals surface area contributed by atoms with E-state index in [1.807, 2.05) is 6.07 Å². The molecule has 0 fully saturated rings. The molecule has 6 heteroatoms. The minimum Gasteiger partial charge on any atom is -0.493 e. The lowest BCUT2D eigenvalue weighted by molar-refractivity contribution is 0.0206. The first-order chi connectivity index (χ1) is 12.1. The fourth-order valence-corrected chi connectivity index (χ4v) is 3.87. The van der Waals surface area contributed by atoms with Crippen LogP contribution in [0.1, 0.15) is 39.2 Å². The fraction of sp³-hybridized carbons (Fsp3) is 0.316.